The van der Waals surface area contributed by atoms with Gasteiger partial charge in [0, 0.05) is 63.7 Å². The van der Waals surface area contributed by atoms with Gasteiger partial charge in [0.15, 0.2) is 0 Å². The first-order chi connectivity index (χ1) is 16.7. The highest BCUT2D eigenvalue weighted by molar-refractivity contribution is 6.03. The van der Waals surface area contributed by atoms with Crippen LogP contribution in [0.2, 0.25) is 0 Å². The van der Waals surface area contributed by atoms with Crippen molar-refractivity contribution in [2.24, 2.45) is 5.92 Å². The molecule has 0 saturated carbocycles. The van der Waals surface area contributed by atoms with Crippen LogP contribution in [0, 0.1) is 5.92 Å². The molecular weight excluding hydrogens is 450 g/mol. The number of rotatable bonds is 4. The number of nitrogens with zero attached hydrogens (tertiary/aromatic N) is 4. The molecule has 10 nitrogen and oxygen atoms in total. The Bertz CT molecular complexity index is 1050. The molecule has 1 aliphatic rings. The number of likely N-dealkylation sites (N-methyl/N-ethyl adjacent to an activating group) is 1. The summed E-state index contributed by atoms with van der Waals surface area (Å²) in [6.45, 7) is 6.78. The van der Waals surface area contributed by atoms with Gasteiger partial charge in [0.2, 0.25) is 5.91 Å². The molecule has 3 atom stereocenters. The number of nitrogens with one attached hydrogen (secondary N) is 1. The average molecular weight is 484 g/mol. The van der Waals surface area contributed by atoms with Gasteiger partial charge in [-0.3, -0.25) is 19.4 Å². The summed E-state index contributed by atoms with van der Waals surface area (Å²) < 4.78 is 11.8. The van der Waals surface area contributed by atoms with Crippen LogP contribution in [0.25, 0.3) is 0 Å². The lowest BCUT2D eigenvalue weighted by atomic mass is 10.0. The van der Waals surface area contributed by atoms with Gasteiger partial charge in [-0.1, -0.05) is 13.8 Å². The number of benzene rings is 1. The Kier molecular flexibility index (Phi) is 8.75. The van der Waals surface area contributed by atoms with Crippen LogP contribution < -0.4 is 10.1 Å². The van der Waals surface area contributed by atoms with Crippen LogP contribution in [0.3, 0.4) is 0 Å². The van der Waals surface area contributed by atoms with Crippen LogP contribution in [-0.4, -0.2) is 83.5 Å². The SMILES string of the molecule is CCC(=O)N1C[C@@H](C)[C@H](OC)CN(C)C(=O)c2ccc(NC(=O)c3cnccn3)cc2OC[C@H]1C. The number of hydrogen-bond acceptors (Lipinski definition) is 7. The zero-order chi connectivity index (χ0) is 25.5. The number of aromatic nitrogens is 2. The van der Waals surface area contributed by atoms with Crippen molar-refractivity contribution in [3.05, 3.63) is 48.0 Å². The third kappa shape index (κ3) is 6.33. The monoisotopic (exact) mass is 483 g/mol. The molecule has 0 aliphatic carbocycles. The molecule has 0 spiro atoms. The summed E-state index contributed by atoms with van der Waals surface area (Å²) in [6, 6.07) is 4.63. The second-order valence-electron chi connectivity index (χ2n) is 8.75. The lowest BCUT2D eigenvalue weighted by molar-refractivity contribution is -0.135. The molecule has 1 aliphatic heterocycles. The van der Waals surface area contributed by atoms with Gasteiger partial charge in [-0.2, -0.15) is 0 Å². The first-order valence-corrected chi connectivity index (χ1v) is 11.7. The Balaban J connectivity index is 1.94. The van der Waals surface area contributed by atoms with E-state index >= 15 is 0 Å². The molecule has 1 N–H and O–H groups in total. The molecular formula is C25H33N5O5. The summed E-state index contributed by atoms with van der Waals surface area (Å²) >= 11 is 0. The number of methoxy groups -OCH3 is 1. The number of hydrogen-bond donors (Lipinski definition) is 1. The van der Waals surface area contributed by atoms with Gasteiger partial charge in [-0.25, -0.2) is 4.98 Å². The number of ether oxygens (including phenoxy) is 2. The van der Waals surface area contributed by atoms with Gasteiger partial charge < -0.3 is 24.6 Å². The van der Waals surface area contributed by atoms with E-state index < -0.39 is 5.91 Å². The quantitative estimate of drug-likeness (QED) is 0.711. The number of anilines is 1. The van der Waals surface area contributed by atoms with E-state index in [-0.39, 0.29) is 42.2 Å². The fourth-order valence-corrected chi connectivity index (χ4v) is 4.01. The zero-order valence-electron chi connectivity index (χ0n) is 20.9. The lowest BCUT2D eigenvalue weighted by Crippen LogP contribution is -2.48. The Morgan fingerprint density at radius 2 is 2.00 bits per heavy atom. The fraction of sp³-hybridized carbons (Fsp3) is 0.480. The van der Waals surface area contributed by atoms with Gasteiger partial charge >= 0.3 is 0 Å². The van der Waals surface area contributed by atoms with Crippen molar-refractivity contribution in [1.82, 2.24) is 19.8 Å². The second-order valence-corrected chi connectivity index (χ2v) is 8.75. The minimum atomic E-state index is -0.431. The van der Waals surface area contributed by atoms with E-state index in [1.165, 1.54) is 18.6 Å². The molecule has 10 heteroatoms. The van der Waals surface area contributed by atoms with Gasteiger partial charge in [0.05, 0.1) is 23.9 Å². The molecule has 2 heterocycles. The maximum Gasteiger partial charge on any atom is 0.275 e. The second kappa shape index (κ2) is 11.7. The Labute approximate surface area is 205 Å². The van der Waals surface area contributed by atoms with E-state index in [4.69, 9.17) is 9.47 Å². The van der Waals surface area contributed by atoms with Crippen LogP contribution in [0.4, 0.5) is 5.69 Å². The average Bonchev–Trinajstić information content (AvgIpc) is 2.87. The van der Waals surface area contributed by atoms with Crippen molar-refractivity contribution in [1.29, 1.82) is 0 Å². The largest absolute Gasteiger partial charge is 0.491 e. The standard InChI is InChI=1S/C25H33N5O5/c1-6-23(31)30-13-16(2)22(34-5)14-29(4)25(33)19-8-7-18(11-21(19)35-15-17(30)3)28-24(32)20-12-26-9-10-27-20/h7-12,16-17,22H,6,13-15H2,1-5H3,(H,28,32)/t16-,17-,22-/m1/s1. The van der Waals surface area contributed by atoms with E-state index in [0.29, 0.717) is 36.5 Å². The van der Waals surface area contributed by atoms with E-state index in [9.17, 15) is 14.4 Å². The van der Waals surface area contributed by atoms with Crippen LogP contribution in [-0.2, 0) is 9.53 Å². The minimum Gasteiger partial charge on any atom is -0.491 e. The van der Waals surface area contributed by atoms with Gasteiger partial charge in [0.1, 0.15) is 18.1 Å². The van der Waals surface area contributed by atoms with E-state index in [1.54, 1.807) is 42.2 Å². The zero-order valence-corrected chi connectivity index (χ0v) is 20.9. The molecule has 1 aromatic carbocycles. The van der Waals surface area contributed by atoms with Crippen molar-refractivity contribution in [3.63, 3.8) is 0 Å². The molecule has 2 aromatic rings. The predicted molar refractivity (Wildman–Crippen MR) is 130 cm³/mol. The normalized spacial score (nSPS) is 21.3. The van der Waals surface area contributed by atoms with Gasteiger partial charge in [-0.15, -0.1) is 0 Å². The number of fused-ring (bicyclic) bond motifs is 1. The Morgan fingerprint density at radius 3 is 2.66 bits per heavy atom. The topological polar surface area (TPSA) is 114 Å². The molecule has 0 bridgehead atoms. The molecule has 0 fully saturated rings. The summed E-state index contributed by atoms with van der Waals surface area (Å²) in [5.74, 6) is -0.312. The van der Waals surface area contributed by atoms with Crippen molar-refractivity contribution in [2.75, 3.05) is 39.2 Å². The predicted octanol–water partition coefficient (Wildman–Crippen LogP) is 2.47. The highest BCUT2D eigenvalue weighted by Crippen LogP contribution is 2.27. The summed E-state index contributed by atoms with van der Waals surface area (Å²) in [4.78, 5) is 49.8. The van der Waals surface area contributed by atoms with Crippen LogP contribution in [0.15, 0.2) is 36.8 Å². The van der Waals surface area contributed by atoms with E-state index in [1.807, 2.05) is 20.8 Å². The highest BCUT2D eigenvalue weighted by atomic mass is 16.5. The van der Waals surface area contributed by atoms with E-state index in [2.05, 4.69) is 15.3 Å². The van der Waals surface area contributed by atoms with Crippen molar-refractivity contribution < 1.29 is 23.9 Å². The summed E-state index contributed by atoms with van der Waals surface area (Å²) in [5.41, 5.74) is 0.965. The first kappa shape index (κ1) is 26.1. The maximum atomic E-state index is 13.3. The lowest BCUT2D eigenvalue weighted by Gasteiger charge is -2.36. The molecule has 0 radical (unpaired) electrons. The molecule has 0 unspecified atom stereocenters. The van der Waals surface area contributed by atoms with Crippen LogP contribution in [0.5, 0.6) is 5.75 Å². The summed E-state index contributed by atoms with van der Waals surface area (Å²) in [5, 5.41) is 2.76. The number of carbonyl (C=O) groups is 3. The molecule has 188 valence electrons. The first-order valence-electron chi connectivity index (χ1n) is 11.7. The van der Waals surface area contributed by atoms with Crippen LogP contribution >= 0.6 is 0 Å². The van der Waals surface area contributed by atoms with Crippen LogP contribution in [0.1, 0.15) is 48.0 Å². The minimum absolute atomic E-state index is 0.00534. The molecule has 35 heavy (non-hydrogen) atoms. The van der Waals surface area contributed by atoms with Crippen molar-refractivity contribution in [3.8, 4) is 5.75 Å². The smallest absolute Gasteiger partial charge is 0.275 e. The van der Waals surface area contributed by atoms with Gasteiger partial charge in [0.25, 0.3) is 11.8 Å². The van der Waals surface area contributed by atoms with Crippen molar-refractivity contribution in [2.45, 2.75) is 39.3 Å². The summed E-state index contributed by atoms with van der Waals surface area (Å²) in [6.07, 6.45) is 4.41. The molecule has 1 aromatic heterocycles. The molecule has 0 saturated heterocycles. The highest BCUT2D eigenvalue weighted by Gasteiger charge is 2.30. The number of carbonyl (C=O) groups excluding carboxylic acids is 3. The molecule has 3 amide bonds. The number of amides is 3. The Hall–Kier alpha value is -3.53. The maximum absolute atomic E-state index is 13.3. The third-order valence-electron chi connectivity index (χ3n) is 6.12. The van der Waals surface area contributed by atoms with Crippen molar-refractivity contribution >= 4 is 23.4 Å². The van der Waals surface area contributed by atoms with E-state index in [0.717, 1.165) is 0 Å². The Morgan fingerprint density at radius 1 is 1.23 bits per heavy atom. The summed E-state index contributed by atoms with van der Waals surface area (Å²) in [7, 11) is 3.32. The fourth-order valence-electron chi connectivity index (χ4n) is 4.01. The molecule has 3 rings (SSSR count). The van der Waals surface area contributed by atoms with Gasteiger partial charge in [-0.05, 0) is 19.1 Å². The third-order valence-corrected chi connectivity index (χ3v) is 6.12.